The minimum atomic E-state index is -0.850. The fourth-order valence-electron chi connectivity index (χ4n) is 7.62. The molecule has 3 aliphatic heterocycles. The van der Waals surface area contributed by atoms with Crippen LogP contribution in [0.4, 0.5) is 32.3 Å². The van der Waals surface area contributed by atoms with Crippen LogP contribution in [0.5, 0.6) is 0 Å². The molecule has 18 nitrogen and oxygen atoms in total. The quantitative estimate of drug-likeness (QED) is 0.101. The number of nitrogens with zero attached hydrogens (tertiary/aromatic N) is 1. The molecule has 3 heterocycles. The summed E-state index contributed by atoms with van der Waals surface area (Å²) in [6, 6.07) is 7.57. The van der Waals surface area contributed by atoms with Crippen LogP contribution in [0.15, 0.2) is 36.4 Å². The van der Waals surface area contributed by atoms with Gasteiger partial charge in [-0.05, 0) is 102 Å². The van der Waals surface area contributed by atoms with E-state index in [4.69, 9.17) is 21.1 Å². The van der Waals surface area contributed by atoms with Gasteiger partial charge in [0.2, 0.25) is 35.4 Å². The van der Waals surface area contributed by atoms with Gasteiger partial charge in [0, 0.05) is 38.1 Å². The first kappa shape index (κ1) is 57.4. The van der Waals surface area contributed by atoms with Crippen molar-refractivity contribution in [3.05, 3.63) is 47.5 Å². The van der Waals surface area contributed by atoms with Crippen molar-refractivity contribution in [2.24, 2.45) is 11.8 Å². The SMILES string of the molecule is CC(C)C[C@@H](NC(=O)OC(C)(C)C)C(=O)NC1Cc2cccc(N3CCCC3=O)c2NC1=O.CC(C)C[C@@H](NC(=O)OC(C)(C)C)C(=O)NC1Cc2cccc(NC(=O)CCCCl)c2NC1=O.[H-].[Na+]. The number of alkyl halides is 1. The molecule has 3 aliphatic rings. The zero-order valence-corrected chi connectivity index (χ0v) is 44.2. The Kier molecular flexibility index (Phi) is 21.6. The molecule has 2 aromatic rings. The Hall–Kier alpha value is -4.91. The van der Waals surface area contributed by atoms with Crippen molar-refractivity contribution in [3.8, 4) is 0 Å². The van der Waals surface area contributed by atoms with Gasteiger partial charge >= 0.3 is 41.7 Å². The van der Waals surface area contributed by atoms with Crippen molar-refractivity contribution in [3.63, 3.8) is 0 Å². The monoisotopic (exact) mass is 976 g/mol. The summed E-state index contributed by atoms with van der Waals surface area (Å²) in [5.74, 6) is -1.16. The number of alkyl carbamates (subject to hydrolysis) is 2. The first-order valence-corrected chi connectivity index (χ1v) is 23.5. The van der Waals surface area contributed by atoms with Gasteiger partial charge < -0.3 is 53.0 Å². The van der Waals surface area contributed by atoms with Crippen molar-refractivity contribution in [1.29, 1.82) is 0 Å². The molecule has 2 unspecified atom stereocenters. The summed E-state index contributed by atoms with van der Waals surface area (Å²) in [5, 5.41) is 19.2. The molecule has 0 aliphatic carbocycles. The number of hydrogen-bond donors (Lipinski definition) is 7. The number of carbonyl (C=O) groups excluding carboxylic acids is 8. The Labute approximate surface area is 428 Å². The van der Waals surface area contributed by atoms with Gasteiger partial charge in [-0.15, -0.1) is 11.6 Å². The van der Waals surface area contributed by atoms with E-state index in [9.17, 15) is 38.4 Å². The third-order valence-electron chi connectivity index (χ3n) is 10.5. The van der Waals surface area contributed by atoms with Crippen LogP contribution in [0.25, 0.3) is 0 Å². The average Bonchev–Trinajstić information content (AvgIpc) is 3.63. The third-order valence-corrected chi connectivity index (χ3v) is 10.8. The molecule has 0 bridgehead atoms. The Morgan fingerprint density at radius 1 is 0.750 bits per heavy atom. The zero-order valence-electron chi connectivity index (χ0n) is 42.4. The van der Waals surface area contributed by atoms with E-state index in [0.29, 0.717) is 67.3 Å². The van der Waals surface area contributed by atoms with Crippen LogP contribution in [0.2, 0.25) is 0 Å². The number of rotatable bonds is 15. The standard InChI is InChI=1S/C24H35ClN4O5.C24H34N4O5.Na.H/c1-14(2)12-17(28-23(33)34-24(3,4)5)21(31)27-18-13-15-8-6-9-16(20(15)29-22(18)32)26-19(30)10-7-11-25;1-14(2)12-16(26-23(32)33-24(3,4)5)21(30)25-17-13-15-8-6-9-18(20(15)27-22(17)31)28-11-7-10-19(28)29;;/h6,8-9,14,17-18H,7,10-13H2,1-5H3,(H,26,30)(H,27,31)(H,28,33)(H,29,32);6,8-9,14,16-17H,7,10-13H2,1-5H3,(H,25,30)(H,26,32)(H,27,31);;/q;;+1;-1/t17-,18?;16-,17?;;/m11../s1. The van der Waals surface area contributed by atoms with Crippen LogP contribution >= 0.6 is 11.6 Å². The molecule has 20 heteroatoms. The first-order valence-electron chi connectivity index (χ1n) is 23.0. The second-order valence-electron chi connectivity index (χ2n) is 19.8. The van der Waals surface area contributed by atoms with Crippen molar-refractivity contribution in [1.82, 2.24) is 21.3 Å². The fraction of sp³-hybridized carbons (Fsp3) is 0.583. The molecule has 2 aromatic carbocycles. The molecular weight excluding hydrogens is 907 g/mol. The Balaban J connectivity index is 0.000000460. The van der Waals surface area contributed by atoms with E-state index >= 15 is 0 Å². The van der Waals surface area contributed by atoms with E-state index in [1.54, 1.807) is 58.6 Å². The molecule has 1 saturated heterocycles. The predicted molar refractivity (Wildman–Crippen MR) is 258 cm³/mol. The first-order chi connectivity index (χ1) is 31.3. The van der Waals surface area contributed by atoms with Crippen LogP contribution in [0, 0.1) is 11.8 Å². The number of amides is 8. The van der Waals surface area contributed by atoms with Gasteiger partial charge in [0.25, 0.3) is 0 Å². The molecule has 1 fully saturated rings. The number of carbonyl (C=O) groups is 8. The summed E-state index contributed by atoms with van der Waals surface area (Å²) < 4.78 is 10.6. The average molecular weight is 978 g/mol. The largest absolute Gasteiger partial charge is 1.00 e. The van der Waals surface area contributed by atoms with Gasteiger partial charge in [0.15, 0.2) is 0 Å². The molecule has 0 spiro atoms. The van der Waals surface area contributed by atoms with Crippen LogP contribution in [-0.2, 0) is 51.1 Å². The molecule has 0 aromatic heterocycles. The molecular formula is C48H70ClN8NaO10. The Bertz CT molecular complexity index is 2170. The van der Waals surface area contributed by atoms with Gasteiger partial charge in [0.05, 0.1) is 22.7 Å². The van der Waals surface area contributed by atoms with Gasteiger partial charge in [0.1, 0.15) is 35.4 Å². The van der Waals surface area contributed by atoms with E-state index in [0.717, 1.165) is 17.5 Å². The number of nitrogens with one attached hydrogen (secondary N) is 7. The summed E-state index contributed by atoms with van der Waals surface area (Å²) in [6.45, 7) is 18.8. The molecule has 5 rings (SSSR count). The fourth-order valence-corrected chi connectivity index (χ4v) is 7.75. The molecule has 8 amide bonds. The minimum absolute atomic E-state index is 0. The Morgan fingerprint density at radius 2 is 1.22 bits per heavy atom. The number of hydrogen-bond acceptors (Lipinski definition) is 10. The van der Waals surface area contributed by atoms with Crippen molar-refractivity contribution < 1.29 is 78.8 Å². The van der Waals surface area contributed by atoms with E-state index in [1.807, 2.05) is 52.0 Å². The smallest absolute Gasteiger partial charge is 1.00 e. The van der Waals surface area contributed by atoms with E-state index in [2.05, 4.69) is 37.2 Å². The minimum Gasteiger partial charge on any atom is -1.00 e. The van der Waals surface area contributed by atoms with Crippen LogP contribution in [0.1, 0.15) is 120 Å². The van der Waals surface area contributed by atoms with Crippen LogP contribution in [-0.4, -0.2) is 95.4 Å². The van der Waals surface area contributed by atoms with E-state index < -0.39 is 65.3 Å². The van der Waals surface area contributed by atoms with E-state index in [1.165, 1.54) is 0 Å². The maximum atomic E-state index is 13.0. The number of anilines is 4. The van der Waals surface area contributed by atoms with Gasteiger partial charge in [-0.25, -0.2) is 9.59 Å². The topological polar surface area (TPSA) is 242 Å². The van der Waals surface area contributed by atoms with Crippen LogP contribution in [0.3, 0.4) is 0 Å². The van der Waals surface area contributed by atoms with Crippen LogP contribution < -0.4 is 71.7 Å². The Morgan fingerprint density at radius 3 is 1.66 bits per heavy atom. The van der Waals surface area contributed by atoms with Gasteiger partial charge in [-0.2, -0.15) is 0 Å². The normalized spacial score (nSPS) is 17.4. The molecule has 0 radical (unpaired) electrons. The molecule has 7 N–H and O–H groups in total. The number of para-hydroxylation sites is 2. The summed E-state index contributed by atoms with van der Waals surface area (Å²) in [4.78, 5) is 102. The summed E-state index contributed by atoms with van der Waals surface area (Å²) in [5.41, 5.74) is 2.56. The molecule has 4 atom stereocenters. The van der Waals surface area contributed by atoms with Crippen molar-refractivity contribution in [2.75, 3.05) is 33.3 Å². The molecule has 0 saturated carbocycles. The second-order valence-corrected chi connectivity index (χ2v) is 20.2. The molecule has 370 valence electrons. The number of benzene rings is 2. The maximum absolute atomic E-state index is 13.0. The second kappa shape index (κ2) is 25.6. The third kappa shape index (κ3) is 17.9. The predicted octanol–water partition coefficient (Wildman–Crippen LogP) is 3.41. The summed E-state index contributed by atoms with van der Waals surface area (Å²) >= 11 is 5.64. The zero-order chi connectivity index (χ0) is 49.8. The summed E-state index contributed by atoms with van der Waals surface area (Å²) in [7, 11) is 0. The molecule has 68 heavy (non-hydrogen) atoms. The number of halogens is 1. The van der Waals surface area contributed by atoms with E-state index in [-0.39, 0.29) is 73.4 Å². The van der Waals surface area contributed by atoms with Crippen molar-refractivity contribution in [2.45, 2.75) is 156 Å². The van der Waals surface area contributed by atoms with Crippen molar-refractivity contribution >= 4 is 82.0 Å². The summed E-state index contributed by atoms with van der Waals surface area (Å²) in [6.07, 6.45) is 2.08. The van der Waals surface area contributed by atoms with Gasteiger partial charge in [-0.3, -0.25) is 28.8 Å². The number of fused-ring (bicyclic) bond motifs is 2. The number of ether oxygens (including phenoxy) is 2. The van der Waals surface area contributed by atoms with Gasteiger partial charge in [-0.1, -0.05) is 52.0 Å². The maximum Gasteiger partial charge on any atom is 1.00 e.